The minimum atomic E-state index is -0.0669. The fraction of sp³-hybridized carbons (Fsp3) is 0.120. The van der Waals surface area contributed by atoms with Crippen LogP contribution in [0.25, 0.3) is 22.4 Å². The molecule has 0 radical (unpaired) electrons. The highest BCUT2D eigenvalue weighted by molar-refractivity contribution is 5.77. The summed E-state index contributed by atoms with van der Waals surface area (Å²) in [5, 5.41) is 9.05. The molecule has 0 saturated heterocycles. The van der Waals surface area contributed by atoms with Crippen LogP contribution in [0.15, 0.2) is 94.1 Å². The number of anilines is 1. The summed E-state index contributed by atoms with van der Waals surface area (Å²) in [7, 11) is 1.75. The second-order valence-electron chi connectivity index (χ2n) is 7.47. The lowest BCUT2D eigenvalue weighted by atomic mass is 10.2. The first-order valence-electron chi connectivity index (χ1n) is 10.3. The van der Waals surface area contributed by atoms with Crippen molar-refractivity contribution < 1.29 is 4.42 Å². The predicted molar refractivity (Wildman–Crippen MR) is 123 cm³/mol. The first-order chi connectivity index (χ1) is 15.7. The van der Waals surface area contributed by atoms with Crippen molar-refractivity contribution in [2.24, 2.45) is 7.05 Å². The lowest BCUT2D eigenvalue weighted by Gasteiger charge is -2.24. The van der Waals surface area contributed by atoms with Crippen LogP contribution in [0.4, 0.5) is 5.69 Å². The van der Waals surface area contributed by atoms with Gasteiger partial charge in [0.25, 0.3) is 5.56 Å². The molecule has 0 amide bonds. The van der Waals surface area contributed by atoms with E-state index >= 15 is 0 Å². The second-order valence-corrected chi connectivity index (χ2v) is 7.47. The molecule has 2 heterocycles. The Labute approximate surface area is 184 Å². The molecule has 5 rings (SSSR count). The molecular formula is C25H21N5O2. The highest BCUT2D eigenvalue weighted by Gasteiger charge is 2.17. The van der Waals surface area contributed by atoms with Crippen LogP contribution in [0.3, 0.4) is 0 Å². The van der Waals surface area contributed by atoms with E-state index in [4.69, 9.17) is 9.40 Å². The summed E-state index contributed by atoms with van der Waals surface area (Å²) >= 11 is 0. The molecule has 7 nitrogen and oxygen atoms in total. The van der Waals surface area contributed by atoms with E-state index in [2.05, 4.69) is 15.1 Å². The molecule has 5 aromatic rings. The van der Waals surface area contributed by atoms with Gasteiger partial charge in [-0.15, -0.1) is 10.2 Å². The molecule has 3 aromatic carbocycles. The maximum absolute atomic E-state index is 12.8. The predicted octanol–water partition coefficient (Wildman–Crippen LogP) is 4.19. The van der Waals surface area contributed by atoms with Crippen LogP contribution in [-0.4, -0.2) is 19.7 Å². The number of para-hydroxylation sites is 2. The molecule has 0 unspecified atom stereocenters. The smallest absolute Gasteiger partial charge is 0.261 e. The number of benzene rings is 3. The van der Waals surface area contributed by atoms with Crippen molar-refractivity contribution in [3.05, 3.63) is 107 Å². The van der Waals surface area contributed by atoms with Gasteiger partial charge in [-0.3, -0.25) is 9.36 Å². The van der Waals surface area contributed by atoms with Gasteiger partial charge in [-0.1, -0.05) is 48.5 Å². The summed E-state index contributed by atoms with van der Waals surface area (Å²) in [5.74, 6) is 1.61. The van der Waals surface area contributed by atoms with Gasteiger partial charge in [-0.05, 0) is 36.4 Å². The summed E-state index contributed by atoms with van der Waals surface area (Å²) in [6.45, 7) is 0.788. The highest BCUT2D eigenvalue weighted by Crippen LogP contribution is 2.22. The summed E-state index contributed by atoms with van der Waals surface area (Å²) < 4.78 is 7.53. The lowest BCUT2D eigenvalue weighted by molar-refractivity contribution is 0.494. The zero-order valence-electron chi connectivity index (χ0n) is 17.5. The van der Waals surface area contributed by atoms with Gasteiger partial charge in [0.2, 0.25) is 11.8 Å². The van der Waals surface area contributed by atoms with Gasteiger partial charge in [0.1, 0.15) is 5.82 Å². The van der Waals surface area contributed by atoms with E-state index in [1.165, 1.54) is 0 Å². The Balaban J connectivity index is 1.49. The maximum atomic E-state index is 12.8. The molecule has 7 heteroatoms. The highest BCUT2D eigenvalue weighted by atomic mass is 16.4. The maximum Gasteiger partial charge on any atom is 0.261 e. The molecular weight excluding hydrogens is 402 g/mol. The van der Waals surface area contributed by atoms with E-state index in [1.54, 1.807) is 17.7 Å². The molecule has 0 bridgehead atoms. The Morgan fingerprint density at radius 1 is 0.844 bits per heavy atom. The SMILES string of the molecule is Cn1c(CN(Cc2nnc(-c3ccccc3)o2)c2ccccc2)nc2ccccc2c1=O. The van der Waals surface area contributed by atoms with Crippen molar-refractivity contribution in [2.45, 2.75) is 13.1 Å². The van der Waals surface area contributed by atoms with E-state index in [0.717, 1.165) is 11.3 Å². The Hall–Kier alpha value is -4.26. The first kappa shape index (κ1) is 19.7. The number of hydrogen-bond acceptors (Lipinski definition) is 6. The van der Waals surface area contributed by atoms with Crippen molar-refractivity contribution in [3.8, 4) is 11.5 Å². The molecule has 0 fully saturated rings. The van der Waals surface area contributed by atoms with Crippen molar-refractivity contribution in [3.63, 3.8) is 0 Å². The Morgan fingerprint density at radius 2 is 1.53 bits per heavy atom. The number of nitrogens with zero attached hydrogens (tertiary/aromatic N) is 5. The standard InChI is InChI=1S/C25H21N5O2/c1-29-22(26-21-15-9-8-14-20(21)25(29)31)16-30(19-12-6-3-7-13-19)17-23-27-28-24(32-23)18-10-4-2-5-11-18/h2-15H,16-17H2,1H3. The molecule has 0 N–H and O–H groups in total. The fourth-order valence-electron chi connectivity index (χ4n) is 3.63. The molecule has 0 aliphatic heterocycles. The molecule has 0 aliphatic carbocycles. The number of rotatable bonds is 6. The van der Waals surface area contributed by atoms with E-state index in [1.807, 2.05) is 78.9 Å². The Morgan fingerprint density at radius 3 is 2.31 bits per heavy atom. The van der Waals surface area contributed by atoms with Crippen LogP contribution >= 0.6 is 0 Å². The normalized spacial score (nSPS) is 11.0. The second kappa shape index (κ2) is 8.47. The van der Waals surface area contributed by atoms with Crippen LogP contribution in [0.2, 0.25) is 0 Å². The first-order valence-corrected chi connectivity index (χ1v) is 10.3. The molecule has 0 saturated carbocycles. The van der Waals surface area contributed by atoms with Crippen molar-refractivity contribution in [1.29, 1.82) is 0 Å². The molecule has 158 valence electrons. The van der Waals surface area contributed by atoms with Crippen LogP contribution < -0.4 is 10.5 Å². The lowest BCUT2D eigenvalue weighted by Crippen LogP contribution is -2.29. The summed E-state index contributed by atoms with van der Waals surface area (Å²) in [5.41, 5.74) is 2.45. The molecule has 0 spiro atoms. The third-order valence-electron chi connectivity index (χ3n) is 5.34. The fourth-order valence-corrected chi connectivity index (χ4v) is 3.63. The van der Waals surface area contributed by atoms with Crippen molar-refractivity contribution >= 4 is 16.6 Å². The summed E-state index contributed by atoms with van der Waals surface area (Å²) in [6, 6.07) is 27.0. The zero-order valence-corrected chi connectivity index (χ0v) is 17.5. The number of fused-ring (bicyclic) bond motifs is 1. The van der Waals surface area contributed by atoms with Gasteiger partial charge < -0.3 is 9.32 Å². The van der Waals surface area contributed by atoms with Gasteiger partial charge in [0, 0.05) is 18.3 Å². The van der Waals surface area contributed by atoms with Gasteiger partial charge in [0.05, 0.1) is 24.0 Å². The Kier molecular flexibility index (Phi) is 5.21. The van der Waals surface area contributed by atoms with Gasteiger partial charge in [0.15, 0.2) is 0 Å². The van der Waals surface area contributed by atoms with Gasteiger partial charge >= 0.3 is 0 Å². The van der Waals surface area contributed by atoms with E-state index in [0.29, 0.717) is 41.6 Å². The van der Waals surface area contributed by atoms with Crippen LogP contribution in [0, 0.1) is 0 Å². The van der Waals surface area contributed by atoms with E-state index in [9.17, 15) is 4.79 Å². The summed E-state index contributed by atoms with van der Waals surface area (Å²) in [6.07, 6.45) is 0. The van der Waals surface area contributed by atoms with Crippen LogP contribution in [0.1, 0.15) is 11.7 Å². The third-order valence-corrected chi connectivity index (χ3v) is 5.34. The average Bonchev–Trinajstić information content (AvgIpc) is 3.32. The summed E-state index contributed by atoms with van der Waals surface area (Å²) in [4.78, 5) is 19.7. The van der Waals surface area contributed by atoms with Crippen LogP contribution in [0.5, 0.6) is 0 Å². The molecule has 32 heavy (non-hydrogen) atoms. The van der Waals surface area contributed by atoms with Crippen LogP contribution in [-0.2, 0) is 20.1 Å². The van der Waals surface area contributed by atoms with Gasteiger partial charge in [-0.25, -0.2) is 4.98 Å². The van der Waals surface area contributed by atoms with Crippen molar-refractivity contribution in [1.82, 2.24) is 19.7 Å². The average molecular weight is 423 g/mol. The topological polar surface area (TPSA) is 77.1 Å². The quantitative estimate of drug-likeness (QED) is 0.408. The molecule has 2 aromatic heterocycles. The third kappa shape index (κ3) is 3.88. The number of aromatic nitrogens is 4. The van der Waals surface area contributed by atoms with E-state index < -0.39 is 0 Å². The number of hydrogen-bond donors (Lipinski definition) is 0. The minimum Gasteiger partial charge on any atom is -0.419 e. The zero-order chi connectivity index (χ0) is 21.9. The Bertz CT molecular complexity index is 1410. The minimum absolute atomic E-state index is 0.0669. The van der Waals surface area contributed by atoms with E-state index in [-0.39, 0.29) is 5.56 Å². The van der Waals surface area contributed by atoms with Crippen molar-refractivity contribution in [2.75, 3.05) is 4.90 Å². The van der Waals surface area contributed by atoms with Gasteiger partial charge in [-0.2, -0.15) is 0 Å². The molecule has 0 aliphatic rings. The largest absolute Gasteiger partial charge is 0.419 e. The molecule has 0 atom stereocenters. The monoisotopic (exact) mass is 423 g/mol.